The lowest BCUT2D eigenvalue weighted by Crippen LogP contribution is -2.25. The highest BCUT2D eigenvalue weighted by Crippen LogP contribution is 2.29. The molecule has 3 aromatic carbocycles. The number of ether oxygens (including phenoxy) is 1. The normalized spacial score (nSPS) is 11.2. The number of benzene rings is 3. The molecular formula is C26H25N3O2S. The van der Waals surface area contributed by atoms with Gasteiger partial charge in [0.1, 0.15) is 17.4 Å². The first-order chi connectivity index (χ1) is 15.6. The minimum Gasteiger partial charge on any atom is -0.497 e. The third-order valence-corrected chi connectivity index (χ3v) is 5.87. The summed E-state index contributed by atoms with van der Waals surface area (Å²) in [6, 6.07) is 27.2. The van der Waals surface area contributed by atoms with Crippen molar-refractivity contribution >= 4 is 23.4 Å². The average Bonchev–Trinajstić information content (AvgIpc) is 2.83. The Balaban J connectivity index is 1.86. The van der Waals surface area contributed by atoms with E-state index in [0.29, 0.717) is 23.1 Å². The lowest BCUT2D eigenvalue weighted by molar-refractivity contribution is -0.117. The van der Waals surface area contributed by atoms with Crippen LogP contribution < -0.4 is 15.4 Å². The molecule has 0 bridgehead atoms. The van der Waals surface area contributed by atoms with Crippen LogP contribution in [0, 0.1) is 18.3 Å². The van der Waals surface area contributed by atoms with E-state index < -0.39 is 5.91 Å². The van der Waals surface area contributed by atoms with E-state index in [0.717, 1.165) is 22.4 Å². The zero-order valence-corrected chi connectivity index (χ0v) is 18.9. The zero-order chi connectivity index (χ0) is 22.8. The molecule has 32 heavy (non-hydrogen) atoms. The molecule has 0 unspecified atom stereocenters. The number of nitrogens with one attached hydrogen (secondary N) is 2. The largest absolute Gasteiger partial charge is 0.497 e. The van der Waals surface area contributed by atoms with Crippen LogP contribution in [0.4, 0.5) is 5.69 Å². The van der Waals surface area contributed by atoms with E-state index in [-0.39, 0.29) is 5.57 Å². The molecule has 0 saturated heterocycles. The van der Waals surface area contributed by atoms with E-state index in [1.165, 1.54) is 11.8 Å². The first kappa shape index (κ1) is 23.0. The van der Waals surface area contributed by atoms with Crippen LogP contribution in [0.15, 0.2) is 89.5 Å². The quantitative estimate of drug-likeness (QED) is 0.342. The Hall–Kier alpha value is -3.69. The van der Waals surface area contributed by atoms with Gasteiger partial charge in [-0.2, -0.15) is 5.26 Å². The van der Waals surface area contributed by atoms with Crippen molar-refractivity contribution in [1.29, 1.82) is 5.26 Å². The van der Waals surface area contributed by atoms with Crippen LogP contribution in [-0.2, 0) is 17.1 Å². The van der Waals surface area contributed by atoms with Gasteiger partial charge in [-0.3, -0.25) is 4.79 Å². The van der Waals surface area contributed by atoms with Crippen molar-refractivity contribution in [3.63, 3.8) is 0 Å². The van der Waals surface area contributed by atoms with Crippen LogP contribution in [-0.4, -0.2) is 13.0 Å². The van der Waals surface area contributed by atoms with E-state index in [1.54, 1.807) is 7.11 Å². The molecule has 0 aromatic heterocycles. The minimum atomic E-state index is -0.418. The highest BCUT2D eigenvalue weighted by molar-refractivity contribution is 8.02. The van der Waals surface area contributed by atoms with E-state index >= 15 is 0 Å². The topological polar surface area (TPSA) is 74.1 Å². The summed E-state index contributed by atoms with van der Waals surface area (Å²) in [5.41, 5.74) is 4.05. The predicted molar refractivity (Wildman–Crippen MR) is 130 cm³/mol. The number of nitrogens with zero attached hydrogens (tertiary/aromatic N) is 1. The van der Waals surface area contributed by atoms with Crippen molar-refractivity contribution in [2.24, 2.45) is 0 Å². The molecular weight excluding hydrogens is 418 g/mol. The Bertz CT molecular complexity index is 1140. The predicted octanol–water partition coefficient (Wildman–Crippen LogP) is 5.40. The molecule has 0 saturated carbocycles. The van der Waals surface area contributed by atoms with Crippen molar-refractivity contribution in [2.45, 2.75) is 19.2 Å². The summed E-state index contributed by atoms with van der Waals surface area (Å²) in [5.74, 6) is 0.889. The van der Waals surface area contributed by atoms with Crippen LogP contribution in [0.3, 0.4) is 0 Å². The first-order valence-electron chi connectivity index (χ1n) is 10.2. The SMILES string of the molecule is COc1cccc(NC(SCc2ccccc2C)=C(C#N)C(=O)NCc2ccccc2)c1. The number of methoxy groups -OCH3 is 1. The van der Waals surface area contributed by atoms with Gasteiger partial charge in [0.25, 0.3) is 5.91 Å². The van der Waals surface area contributed by atoms with Gasteiger partial charge in [-0.15, -0.1) is 11.8 Å². The molecule has 3 rings (SSSR count). The van der Waals surface area contributed by atoms with Gasteiger partial charge in [0.05, 0.1) is 12.1 Å². The Morgan fingerprint density at radius 3 is 2.50 bits per heavy atom. The van der Waals surface area contributed by atoms with E-state index in [2.05, 4.69) is 16.7 Å². The summed E-state index contributed by atoms with van der Waals surface area (Å²) in [6.07, 6.45) is 0. The van der Waals surface area contributed by atoms with Gasteiger partial charge in [0.2, 0.25) is 0 Å². The summed E-state index contributed by atoms with van der Waals surface area (Å²) >= 11 is 1.42. The number of aryl methyl sites for hydroxylation is 1. The van der Waals surface area contributed by atoms with Gasteiger partial charge >= 0.3 is 0 Å². The number of hydrogen-bond acceptors (Lipinski definition) is 5. The smallest absolute Gasteiger partial charge is 0.264 e. The monoisotopic (exact) mass is 443 g/mol. The molecule has 0 atom stereocenters. The maximum Gasteiger partial charge on any atom is 0.264 e. The number of carbonyl (C=O) groups is 1. The molecule has 0 spiro atoms. The number of amides is 1. The number of nitriles is 1. The van der Waals surface area contributed by atoms with Crippen molar-refractivity contribution in [1.82, 2.24) is 5.32 Å². The van der Waals surface area contributed by atoms with Gasteiger partial charge < -0.3 is 15.4 Å². The van der Waals surface area contributed by atoms with E-state index in [1.807, 2.05) is 85.8 Å². The Morgan fingerprint density at radius 1 is 1.03 bits per heavy atom. The molecule has 3 aromatic rings. The van der Waals surface area contributed by atoms with Crippen molar-refractivity contribution < 1.29 is 9.53 Å². The fourth-order valence-electron chi connectivity index (χ4n) is 3.00. The van der Waals surface area contributed by atoms with Crippen LogP contribution in [0.2, 0.25) is 0 Å². The van der Waals surface area contributed by atoms with Gasteiger partial charge in [-0.05, 0) is 35.7 Å². The lowest BCUT2D eigenvalue weighted by atomic mass is 10.1. The third-order valence-electron chi connectivity index (χ3n) is 4.82. The van der Waals surface area contributed by atoms with Gasteiger partial charge in [-0.1, -0.05) is 60.7 Å². The van der Waals surface area contributed by atoms with E-state index in [4.69, 9.17) is 4.74 Å². The molecule has 0 aliphatic heterocycles. The van der Waals surface area contributed by atoms with E-state index in [9.17, 15) is 10.1 Å². The Kier molecular flexibility index (Phi) is 8.36. The fraction of sp³-hybridized carbons (Fsp3) is 0.154. The summed E-state index contributed by atoms with van der Waals surface area (Å²) < 4.78 is 5.30. The number of rotatable bonds is 9. The van der Waals surface area contributed by atoms with Gasteiger partial charge in [0, 0.05) is 24.1 Å². The van der Waals surface area contributed by atoms with Crippen LogP contribution in [0.1, 0.15) is 16.7 Å². The van der Waals surface area contributed by atoms with Gasteiger partial charge in [0.15, 0.2) is 0 Å². The highest BCUT2D eigenvalue weighted by Gasteiger charge is 2.17. The molecule has 0 aliphatic rings. The second-order valence-corrected chi connectivity index (χ2v) is 8.04. The van der Waals surface area contributed by atoms with Crippen molar-refractivity contribution in [2.75, 3.05) is 12.4 Å². The fourth-order valence-corrected chi connectivity index (χ4v) is 4.09. The second-order valence-electron chi connectivity index (χ2n) is 7.06. The molecule has 0 radical (unpaired) electrons. The molecule has 1 amide bonds. The number of hydrogen-bond donors (Lipinski definition) is 2. The molecule has 0 aliphatic carbocycles. The molecule has 0 heterocycles. The Labute approximate surface area is 193 Å². The maximum atomic E-state index is 12.9. The summed E-state index contributed by atoms with van der Waals surface area (Å²) in [5, 5.41) is 16.4. The third kappa shape index (κ3) is 6.40. The minimum absolute atomic E-state index is 0.0438. The highest BCUT2D eigenvalue weighted by atomic mass is 32.2. The Morgan fingerprint density at radius 2 is 1.78 bits per heavy atom. The lowest BCUT2D eigenvalue weighted by Gasteiger charge is -2.15. The van der Waals surface area contributed by atoms with Crippen molar-refractivity contribution in [3.05, 3.63) is 106 Å². The second kappa shape index (κ2) is 11.6. The first-order valence-corrected chi connectivity index (χ1v) is 11.1. The van der Waals surface area contributed by atoms with Gasteiger partial charge in [-0.25, -0.2) is 0 Å². The summed E-state index contributed by atoms with van der Waals surface area (Å²) in [6.45, 7) is 2.40. The summed E-state index contributed by atoms with van der Waals surface area (Å²) in [4.78, 5) is 12.9. The average molecular weight is 444 g/mol. The molecule has 5 nitrogen and oxygen atoms in total. The number of carbonyl (C=O) groups excluding carboxylic acids is 1. The zero-order valence-electron chi connectivity index (χ0n) is 18.1. The number of anilines is 1. The molecule has 6 heteroatoms. The van der Waals surface area contributed by atoms with Crippen molar-refractivity contribution in [3.8, 4) is 11.8 Å². The molecule has 162 valence electrons. The standard InChI is InChI=1S/C26H25N3O2S/c1-19-9-6-7-12-21(19)18-32-26(29-22-13-8-14-23(15-22)31-2)24(16-27)25(30)28-17-20-10-4-3-5-11-20/h3-15,29H,17-18H2,1-2H3,(H,28,30). The summed E-state index contributed by atoms with van der Waals surface area (Å²) in [7, 11) is 1.60. The maximum absolute atomic E-state index is 12.9. The number of thioether (sulfide) groups is 1. The van der Waals surface area contributed by atoms with Crippen LogP contribution in [0.25, 0.3) is 0 Å². The molecule has 2 N–H and O–H groups in total. The molecule has 0 fully saturated rings. The van der Waals surface area contributed by atoms with Crippen LogP contribution >= 0.6 is 11.8 Å². The van der Waals surface area contributed by atoms with Crippen LogP contribution in [0.5, 0.6) is 5.75 Å².